The Labute approximate surface area is 118 Å². The van der Waals surface area contributed by atoms with Crippen molar-refractivity contribution < 1.29 is 4.74 Å². The topological polar surface area (TPSA) is 9.23 Å². The first-order valence-corrected chi connectivity index (χ1v) is 7.50. The summed E-state index contributed by atoms with van der Waals surface area (Å²) in [5.74, 6) is 2.11. The van der Waals surface area contributed by atoms with Crippen LogP contribution in [-0.2, 0) is 0 Å². The highest BCUT2D eigenvalue weighted by Crippen LogP contribution is 2.42. The summed E-state index contributed by atoms with van der Waals surface area (Å²) >= 11 is 3.62. The summed E-state index contributed by atoms with van der Waals surface area (Å²) in [5.41, 5.74) is 4.28. The quantitative estimate of drug-likeness (QED) is 0.727. The summed E-state index contributed by atoms with van der Waals surface area (Å²) < 4.78 is 6.74. The van der Waals surface area contributed by atoms with Gasteiger partial charge in [-0.15, -0.1) is 0 Å². The molecule has 2 rings (SSSR count). The van der Waals surface area contributed by atoms with Gasteiger partial charge in [0.25, 0.3) is 0 Å². The molecule has 0 amide bonds. The third-order valence-corrected chi connectivity index (χ3v) is 4.18. The SMILES string of the molecule is CCOc1cc2c(cc1Br)C(C(C)C)=CCC2C. The second-order valence-electron chi connectivity index (χ2n) is 5.25. The van der Waals surface area contributed by atoms with Crippen LogP contribution in [0.15, 0.2) is 22.7 Å². The van der Waals surface area contributed by atoms with E-state index in [0.29, 0.717) is 18.4 Å². The van der Waals surface area contributed by atoms with Gasteiger partial charge in [-0.1, -0.05) is 26.8 Å². The van der Waals surface area contributed by atoms with Gasteiger partial charge < -0.3 is 4.74 Å². The Morgan fingerprint density at radius 2 is 2.11 bits per heavy atom. The lowest BCUT2D eigenvalue weighted by Gasteiger charge is -2.26. The van der Waals surface area contributed by atoms with Gasteiger partial charge in [0.15, 0.2) is 0 Å². The average molecular weight is 309 g/mol. The molecule has 1 aromatic carbocycles. The molecule has 0 radical (unpaired) electrons. The van der Waals surface area contributed by atoms with Crippen molar-refractivity contribution in [3.05, 3.63) is 33.8 Å². The van der Waals surface area contributed by atoms with E-state index >= 15 is 0 Å². The van der Waals surface area contributed by atoms with E-state index in [1.54, 1.807) is 0 Å². The first-order valence-electron chi connectivity index (χ1n) is 6.71. The van der Waals surface area contributed by atoms with E-state index in [0.717, 1.165) is 16.6 Å². The van der Waals surface area contributed by atoms with Gasteiger partial charge >= 0.3 is 0 Å². The van der Waals surface area contributed by atoms with Gasteiger partial charge in [-0.25, -0.2) is 0 Å². The van der Waals surface area contributed by atoms with E-state index in [1.165, 1.54) is 16.7 Å². The molecule has 1 atom stereocenters. The molecule has 1 aliphatic rings. The number of benzene rings is 1. The number of hydrogen-bond donors (Lipinski definition) is 0. The van der Waals surface area contributed by atoms with Crippen LogP contribution in [0.2, 0.25) is 0 Å². The molecule has 0 N–H and O–H groups in total. The highest BCUT2D eigenvalue weighted by Gasteiger charge is 2.22. The van der Waals surface area contributed by atoms with Gasteiger partial charge in [0.1, 0.15) is 5.75 Å². The van der Waals surface area contributed by atoms with Crippen LogP contribution in [0, 0.1) is 5.92 Å². The standard InChI is InChI=1S/C16H21BrO/c1-5-18-16-9-13-11(4)6-7-12(10(2)3)14(13)8-15(16)17/h7-11H,5-6H2,1-4H3. The number of halogens is 1. The number of allylic oxidation sites excluding steroid dienone is 2. The Balaban J connectivity index is 2.52. The first kappa shape index (κ1) is 13.7. The van der Waals surface area contributed by atoms with E-state index < -0.39 is 0 Å². The Hall–Kier alpha value is -0.760. The molecule has 98 valence electrons. The molecule has 1 aromatic rings. The fourth-order valence-electron chi connectivity index (χ4n) is 2.58. The van der Waals surface area contributed by atoms with Crippen molar-refractivity contribution in [2.24, 2.45) is 5.92 Å². The highest BCUT2D eigenvalue weighted by molar-refractivity contribution is 9.10. The van der Waals surface area contributed by atoms with Crippen molar-refractivity contribution in [1.82, 2.24) is 0 Å². The Kier molecular flexibility index (Phi) is 4.16. The summed E-state index contributed by atoms with van der Waals surface area (Å²) in [4.78, 5) is 0. The van der Waals surface area contributed by atoms with Gasteiger partial charge in [-0.3, -0.25) is 0 Å². The molecule has 0 spiro atoms. The number of ether oxygens (including phenoxy) is 1. The van der Waals surface area contributed by atoms with Crippen LogP contribution >= 0.6 is 15.9 Å². The van der Waals surface area contributed by atoms with Crippen LogP contribution in [0.1, 0.15) is 51.2 Å². The Morgan fingerprint density at radius 3 is 2.72 bits per heavy atom. The van der Waals surface area contributed by atoms with Gasteiger partial charge in [0.2, 0.25) is 0 Å². The smallest absolute Gasteiger partial charge is 0.133 e. The van der Waals surface area contributed by atoms with Crippen molar-refractivity contribution >= 4 is 21.5 Å². The maximum atomic E-state index is 5.68. The molecule has 2 heteroatoms. The molecule has 0 heterocycles. The van der Waals surface area contributed by atoms with Crippen LogP contribution in [0.25, 0.3) is 5.57 Å². The zero-order valence-corrected chi connectivity index (χ0v) is 13.2. The number of hydrogen-bond acceptors (Lipinski definition) is 1. The average Bonchev–Trinajstić information content (AvgIpc) is 2.31. The van der Waals surface area contributed by atoms with Crippen LogP contribution in [0.3, 0.4) is 0 Å². The molecule has 0 fully saturated rings. The van der Waals surface area contributed by atoms with E-state index in [9.17, 15) is 0 Å². The van der Waals surface area contributed by atoms with Crippen molar-refractivity contribution in [2.45, 2.75) is 40.0 Å². The second kappa shape index (κ2) is 5.48. The third-order valence-electron chi connectivity index (χ3n) is 3.56. The molecular weight excluding hydrogens is 288 g/mol. The van der Waals surface area contributed by atoms with Crippen LogP contribution in [-0.4, -0.2) is 6.61 Å². The largest absolute Gasteiger partial charge is 0.493 e. The number of fused-ring (bicyclic) bond motifs is 1. The Morgan fingerprint density at radius 1 is 1.39 bits per heavy atom. The molecule has 0 saturated heterocycles. The zero-order chi connectivity index (χ0) is 13.3. The first-order chi connectivity index (χ1) is 8.54. The molecule has 1 aliphatic carbocycles. The summed E-state index contributed by atoms with van der Waals surface area (Å²) in [6.45, 7) is 9.54. The summed E-state index contributed by atoms with van der Waals surface area (Å²) in [6.07, 6.45) is 3.53. The second-order valence-corrected chi connectivity index (χ2v) is 6.11. The van der Waals surface area contributed by atoms with Crippen LogP contribution in [0.5, 0.6) is 5.75 Å². The minimum Gasteiger partial charge on any atom is -0.493 e. The fraction of sp³-hybridized carbons (Fsp3) is 0.500. The van der Waals surface area contributed by atoms with Crippen molar-refractivity contribution in [3.8, 4) is 5.75 Å². The summed E-state index contributed by atoms with van der Waals surface area (Å²) in [6, 6.07) is 4.44. The van der Waals surface area contributed by atoms with E-state index in [1.807, 2.05) is 6.92 Å². The van der Waals surface area contributed by atoms with Gasteiger partial charge in [0.05, 0.1) is 11.1 Å². The van der Waals surface area contributed by atoms with E-state index in [2.05, 4.69) is 54.9 Å². The molecular formula is C16H21BrO. The maximum Gasteiger partial charge on any atom is 0.133 e. The summed E-state index contributed by atoms with van der Waals surface area (Å²) in [5, 5.41) is 0. The summed E-state index contributed by atoms with van der Waals surface area (Å²) in [7, 11) is 0. The van der Waals surface area contributed by atoms with Crippen molar-refractivity contribution in [3.63, 3.8) is 0 Å². The van der Waals surface area contributed by atoms with Gasteiger partial charge in [-0.2, -0.15) is 0 Å². The normalized spacial score (nSPS) is 18.6. The molecule has 0 bridgehead atoms. The van der Waals surface area contributed by atoms with Gasteiger partial charge in [-0.05, 0) is 69.9 Å². The molecule has 1 nitrogen and oxygen atoms in total. The van der Waals surface area contributed by atoms with E-state index in [-0.39, 0.29) is 0 Å². The monoisotopic (exact) mass is 308 g/mol. The van der Waals surface area contributed by atoms with E-state index in [4.69, 9.17) is 4.74 Å². The Bertz CT molecular complexity index is 474. The minimum absolute atomic E-state index is 0.570. The molecule has 0 saturated carbocycles. The molecule has 0 aliphatic heterocycles. The lowest BCUT2D eigenvalue weighted by atomic mass is 9.80. The predicted molar refractivity (Wildman–Crippen MR) is 81.2 cm³/mol. The number of rotatable bonds is 3. The van der Waals surface area contributed by atoms with Crippen LogP contribution in [0.4, 0.5) is 0 Å². The molecule has 1 unspecified atom stereocenters. The van der Waals surface area contributed by atoms with Crippen LogP contribution < -0.4 is 4.74 Å². The molecule has 0 aromatic heterocycles. The highest BCUT2D eigenvalue weighted by atomic mass is 79.9. The van der Waals surface area contributed by atoms with Crippen molar-refractivity contribution in [2.75, 3.05) is 6.61 Å². The fourth-order valence-corrected chi connectivity index (χ4v) is 3.04. The van der Waals surface area contributed by atoms with Crippen molar-refractivity contribution in [1.29, 1.82) is 0 Å². The maximum absolute atomic E-state index is 5.68. The minimum atomic E-state index is 0.570. The predicted octanol–water partition coefficient (Wildman–Crippen LogP) is 5.39. The lowest BCUT2D eigenvalue weighted by molar-refractivity contribution is 0.337. The third kappa shape index (κ3) is 2.49. The molecule has 18 heavy (non-hydrogen) atoms. The lowest BCUT2D eigenvalue weighted by Crippen LogP contribution is -2.08. The zero-order valence-electron chi connectivity index (χ0n) is 11.6. The van der Waals surface area contributed by atoms with Gasteiger partial charge in [0, 0.05) is 0 Å².